The molecule has 0 radical (unpaired) electrons. The summed E-state index contributed by atoms with van der Waals surface area (Å²) in [5, 5.41) is 6.95. The maximum absolute atomic E-state index is 13.7. The molecular weight excluding hydrogens is 505 g/mol. The topological polar surface area (TPSA) is 95.9 Å². The van der Waals surface area contributed by atoms with Gasteiger partial charge in [0, 0.05) is 17.9 Å². The zero-order valence-corrected chi connectivity index (χ0v) is 19.7. The Kier molecular flexibility index (Phi) is 9.53. The number of hydrogen-bond donors (Lipinski definition) is 3. The molecule has 0 saturated heterocycles. The van der Waals surface area contributed by atoms with Gasteiger partial charge in [-0.3, -0.25) is 9.27 Å². The molecule has 4 N–H and O–H groups in total. The fraction of sp³-hybridized carbons (Fsp3) is 0.136. The number of hydrogen-bond acceptors (Lipinski definition) is 5. The van der Waals surface area contributed by atoms with Crippen LogP contribution >= 0.6 is 22.7 Å². The van der Waals surface area contributed by atoms with Crippen LogP contribution < -0.4 is 22.4 Å². The van der Waals surface area contributed by atoms with Crippen molar-refractivity contribution in [3.63, 3.8) is 0 Å². The standard InChI is InChI=1S/C21H18FN3O3S3.CH4.ClH/c22-15-3-1-4-17(12-15)23-18(19-13-30-21(24-19)20-5-2-10-29-20)11-14-6-8-16(9-7-14)25-31(26,27)28;;/h1-10,12-13,18,23,25H,11H2,(H,26,27,28);1H4;1H/t18-;;/m0../s1. The minimum absolute atomic E-state index is 0. The molecule has 0 aliphatic carbocycles. The molecule has 0 unspecified atom stereocenters. The van der Waals surface area contributed by atoms with Crippen LogP contribution in [0.5, 0.6) is 0 Å². The van der Waals surface area contributed by atoms with E-state index in [4.69, 9.17) is 9.54 Å². The molecule has 0 spiro atoms. The number of nitrogens with zero attached hydrogens (tertiary/aromatic N) is 1. The van der Waals surface area contributed by atoms with Crippen molar-refractivity contribution < 1.29 is 35.1 Å². The SMILES string of the molecule is C.O=S(=O)(O)Nc1ccc(C[C@H]([NH2+]c2cccc(F)c2)c2csc(-c3cccs3)n2)cc1.[Cl-]. The van der Waals surface area contributed by atoms with E-state index in [9.17, 15) is 12.8 Å². The molecule has 0 amide bonds. The number of nitrogens with one attached hydrogen (secondary N) is 1. The summed E-state index contributed by atoms with van der Waals surface area (Å²) in [5.74, 6) is -0.300. The highest BCUT2D eigenvalue weighted by atomic mass is 35.5. The van der Waals surface area contributed by atoms with E-state index >= 15 is 0 Å². The van der Waals surface area contributed by atoms with Crippen molar-refractivity contribution >= 4 is 44.4 Å². The number of rotatable bonds is 8. The summed E-state index contributed by atoms with van der Waals surface area (Å²) in [6.45, 7) is 0. The van der Waals surface area contributed by atoms with Crippen LogP contribution in [0.25, 0.3) is 9.88 Å². The van der Waals surface area contributed by atoms with Crippen LogP contribution in [0.3, 0.4) is 0 Å². The van der Waals surface area contributed by atoms with Crippen LogP contribution in [0.2, 0.25) is 0 Å². The molecule has 0 fully saturated rings. The van der Waals surface area contributed by atoms with Gasteiger partial charge in [0.25, 0.3) is 0 Å². The number of benzene rings is 2. The van der Waals surface area contributed by atoms with Gasteiger partial charge in [0.2, 0.25) is 0 Å². The first-order chi connectivity index (χ1) is 14.9. The first kappa shape index (κ1) is 26.9. The first-order valence-corrected chi connectivity index (χ1v) is 12.5. The summed E-state index contributed by atoms with van der Waals surface area (Å²) in [6.07, 6.45) is 0.594. The van der Waals surface area contributed by atoms with Crippen molar-refractivity contribution in [1.29, 1.82) is 0 Å². The van der Waals surface area contributed by atoms with E-state index in [-0.39, 0.29) is 37.4 Å². The van der Waals surface area contributed by atoms with E-state index in [1.54, 1.807) is 53.0 Å². The fourth-order valence-electron chi connectivity index (χ4n) is 3.17. The number of thiazole rings is 1. The van der Waals surface area contributed by atoms with Crippen LogP contribution in [0.4, 0.5) is 15.8 Å². The van der Waals surface area contributed by atoms with Gasteiger partial charge >= 0.3 is 10.3 Å². The molecule has 6 nitrogen and oxygen atoms in total. The molecule has 0 aliphatic rings. The minimum atomic E-state index is -4.32. The van der Waals surface area contributed by atoms with Crippen LogP contribution in [0, 0.1) is 5.82 Å². The van der Waals surface area contributed by atoms with Gasteiger partial charge in [0.1, 0.15) is 28.2 Å². The Bertz CT molecular complexity index is 1260. The molecule has 0 bridgehead atoms. The molecule has 2 aromatic heterocycles. The number of thiophene rings is 1. The highest BCUT2D eigenvalue weighted by molar-refractivity contribution is 7.87. The van der Waals surface area contributed by atoms with Gasteiger partial charge in [-0.2, -0.15) is 8.42 Å². The monoisotopic (exact) mass is 527 g/mol. The zero-order valence-electron chi connectivity index (χ0n) is 16.5. The van der Waals surface area contributed by atoms with E-state index in [1.165, 1.54) is 12.1 Å². The second-order valence-corrected chi connectivity index (χ2v) is 9.82. The third kappa shape index (κ3) is 7.60. The third-order valence-corrected chi connectivity index (χ3v) is 6.93. The summed E-state index contributed by atoms with van der Waals surface area (Å²) >= 11 is 3.20. The van der Waals surface area contributed by atoms with E-state index in [0.717, 1.165) is 26.8 Å². The summed E-state index contributed by atoms with van der Waals surface area (Å²) in [4.78, 5) is 5.91. The van der Waals surface area contributed by atoms with Gasteiger partial charge in [-0.1, -0.05) is 31.7 Å². The van der Waals surface area contributed by atoms with Gasteiger partial charge in [-0.05, 0) is 41.3 Å². The lowest BCUT2D eigenvalue weighted by Crippen LogP contribution is -3.00. The minimum Gasteiger partial charge on any atom is -1.00 e. The number of anilines is 1. The van der Waals surface area contributed by atoms with Crippen LogP contribution in [0.1, 0.15) is 24.7 Å². The zero-order chi connectivity index (χ0) is 21.8. The molecule has 4 rings (SSSR count). The van der Waals surface area contributed by atoms with Gasteiger partial charge in [-0.25, -0.2) is 9.37 Å². The quantitative estimate of drug-likeness (QED) is 0.241. The van der Waals surface area contributed by atoms with Crippen LogP contribution in [0.15, 0.2) is 71.4 Å². The Morgan fingerprint density at radius 1 is 1.09 bits per heavy atom. The lowest BCUT2D eigenvalue weighted by atomic mass is 10.0. The van der Waals surface area contributed by atoms with Crippen molar-refractivity contribution in [2.45, 2.75) is 19.9 Å². The second-order valence-electron chi connectivity index (χ2n) is 6.86. The molecule has 11 heteroatoms. The molecule has 2 aromatic carbocycles. The Morgan fingerprint density at radius 3 is 2.48 bits per heavy atom. The largest absolute Gasteiger partial charge is 1.00 e. The molecule has 4 aromatic rings. The molecular formula is C22H23ClFN3O3S3. The molecule has 176 valence electrons. The number of halogens is 2. The van der Waals surface area contributed by atoms with Crippen molar-refractivity contribution in [2.24, 2.45) is 0 Å². The highest BCUT2D eigenvalue weighted by Crippen LogP contribution is 2.30. The Labute approximate surface area is 206 Å². The molecule has 1 atom stereocenters. The van der Waals surface area contributed by atoms with Crippen molar-refractivity contribution in [3.8, 4) is 9.88 Å². The molecule has 0 saturated carbocycles. The van der Waals surface area contributed by atoms with Crippen LogP contribution in [-0.2, 0) is 16.7 Å². The van der Waals surface area contributed by atoms with Gasteiger partial charge in [0.05, 0.1) is 10.6 Å². The molecule has 33 heavy (non-hydrogen) atoms. The predicted octanol–water partition coefficient (Wildman–Crippen LogP) is 2.04. The van der Waals surface area contributed by atoms with E-state index in [0.29, 0.717) is 6.42 Å². The van der Waals surface area contributed by atoms with Gasteiger partial charge in [0.15, 0.2) is 0 Å². The van der Waals surface area contributed by atoms with Gasteiger partial charge < -0.3 is 17.7 Å². The van der Waals surface area contributed by atoms with Crippen LogP contribution in [-0.4, -0.2) is 18.0 Å². The third-order valence-electron chi connectivity index (χ3n) is 4.53. The Balaban J connectivity index is 0.00000193. The van der Waals surface area contributed by atoms with Gasteiger partial charge in [-0.15, -0.1) is 22.7 Å². The maximum atomic E-state index is 13.7. The summed E-state index contributed by atoms with van der Waals surface area (Å²) in [5.41, 5.74) is 2.87. The van der Waals surface area contributed by atoms with Crippen molar-refractivity contribution in [1.82, 2.24) is 4.98 Å². The number of nitrogens with two attached hydrogens (primary N) is 1. The molecule has 2 heterocycles. The van der Waals surface area contributed by atoms with E-state index < -0.39 is 10.3 Å². The lowest BCUT2D eigenvalue weighted by Gasteiger charge is -2.14. The van der Waals surface area contributed by atoms with E-state index in [1.807, 2.05) is 39.0 Å². The maximum Gasteiger partial charge on any atom is 0.357 e. The normalized spacial score (nSPS) is 11.8. The summed E-state index contributed by atoms with van der Waals surface area (Å²) < 4.78 is 46.6. The summed E-state index contributed by atoms with van der Waals surface area (Å²) in [7, 11) is -4.32. The highest BCUT2D eigenvalue weighted by Gasteiger charge is 2.21. The fourth-order valence-corrected chi connectivity index (χ4v) is 5.31. The Morgan fingerprint density at radius 2 is 1.85 bits per heavy atom. The second kappa shape index (κ2) is 11.7. The molecule has 0 aliphatic heterocycles. The predicted molar refractivity (Wildman–Crippen MR) is 128 cm³/mol. The average molecular weight is 528 g/mol. The number of aromatic nitrogens is 1. The first-order valence-electron chi connectivity index (χ1n) is 9.30. The van der Waals surface area contributed by atoms with E-state index in [2.05, 4.69) is 0 Å². The van der Waals surface area contributed by atoms with Crippen molar-refractivity contribution in [2.75, 3.05) is 4.72 Å². The average Bonchev–Trinajstić information content (AvgIpc) is 3.40. The number of quaternary nitrogens is 1. The lowest BCUT2D eigenvalue weighted by molar-refractivity contribution is -0.618. The Hall–Kier alpha value is -2.34. The smallest absolute Gasteiger partial charge is 0.357 e. The summed E-state index contributed by atoms with van der Waals surface area (Å²) in [6, 6.07) is 17.1. The van der Waals surface area contributed by atoms with Crippen molar-refractivity contribution in [3.05, 3.63) is 88.5 Å².